The molecule has 0 aliphatic rings. The molecule has 2 rings (SSSR count). The van der Waals surface area contributed by atoms with Gasteiger partial charge in [-0.2, -0.15) is 0 Å². The van der Waals surface area contributed by atoms with Crippen molar-refractivity contribution in [1.82, 2.24) is 10.2 Å². The number of nitrogens with one attached hydrogen (secondary N) is 1. The van der Waals surface area contributed by atoms with Crippen LogP contribution in [0.1, 0.15) is 44.7 Å². The SMILES string of the molecule is CC[C@@H](C)NC(=O)[C@@H](CC)N(Cc1ccc(OC)cc1)C(=O)CSCc1ccc(F)cc1. The summed E-state index contributed by atoms with van der Waals surface area (Å²) < 4.78 is 18.3. The van der Waals surface area contributed by atoms with E-state index in [9.17, 15) is 14.0 Å². The molecule has 1 N–H and O–H groups in total. The van der Waals surface area contributed by atoms with Gasteiger partial charge in [0.05, 0.1) is 12.9 Å². The summed E-state index contributed by atoms with van der Waals surface area (Å²) in [6.45, 7) is 6.23. The zero-order chi connectivity index (χ0) is 23.5. The van der Waals surface area contributed by atoms with Crippen LogP contribution in [0.3, 0.4) is 0 Å². The van der Waals surface area contributed by atoms with Crippen LogP contribution in [0.15, 0.2) is 48.5 Å². The molecule has 32 heavy (non-hydrogen) atoms. The van der Waals surface area contributed by atoms with Gasteiger partial charge in [0, 0.05) is 18.3 Å². The van der Waals surface area contributed by atoms with E-state index in [1.165, 1.54) is 23.9 Å². The summed E-state index contributed by atoms with van der Waals surface area (Å²) in [6.07, 6.45) is 1.34. The van der Waals surface area contributed by atoms with Gasteiger partial charge in [0.25, 0.3) is 0 Å². The fourth-order valence-corrected chi connectivity index (χ4v) is 4.08. The summed E-state index contributed by atoms with van der Waals surface area (Å²) in [5, 5.41) is 3.01. The second-order valence-corrected chi connectivity index (χ2v) is 8.72. The van der Waals surface area contributed by atoms with Gasteiger partial charge in [-0.15, -0.1) is 11.8 Å². The molecule has 0 saturated carbocycles. The molecule has 7 heteroatoms. The topological polar surface area (TPSA) is 58.6 Å². The number of carbonyl (C=O) groups is 2. The molecule has 0 saturated heterocycles. The monoisotopic (exact) mass is 460 g/mol. The van der Waals surface area contributed by atoms with Crippen LogP contribution in [-0.4, -0.2) is 41.7 Å². The molecule has 0 fully saturated rings. The Morgan fingerprint density at radius 3 is 2.22 bits per heavy atom. The Morgan fingerprint density at radius 2 is 1.66 bits per heavy atom. The second-order valence-electron chi connectivity index (χ2n) is 7.73. The van der Waals surface area contributed by atoms with Crippen molar-refractivity contribution in [3.05, 3.63) is 65.5 Å². The van der Waals surface area contributed by atoms with Gasteiger partial charge in [0.2, 0.25) is 11.8 Å². The Kier molecular flexibility index (Phi) is 10.5. The molecule has 0 aliphatic carbocycles. The number of nitrogens with zero attached hydrogens (tertiary/aromatic N) is 1. The van der Waals surface area contributed by atoms with Gasteiger partial charge in [-0.3, -0.25) is 9.59 Å². The molecule has 174 valence electrons. The van der Waals surface area contributed by atoms with Crippen molar-refractivity contribution in [1.29, 1.82) is 0 Å². The molecule has 0 radical (unpaired) electrons. The van der Waals surface area contributed by atoms with Crippen LogP contribution < -0.4 is 10.1 Å². The summed E-state index contributed by atoms with van der Waals surface area (Å²) in [6, 6.07) is 13.3. The maximum absolute atomic E-state index is 13.2. The number of halogens is 1. The number of benzene rings is 2. The minimum absolute atomic E-state index is 0.0438. The number of carbonyl (C=O) groups excluding carboxylic acids is 2. The number of ether oxygens (including phenoxy) is 1. The lowest BCUT2D eigenvalue weighted by molar-refractivity contribution is -0.139. The van der Waals surface area contributed by atoms with Gasteiger partial charge in [0.15, 0.2) is 0 Å². The first kappa shape index (κ1) is 25.7. The average Bonchev–Trinajstić information content (AvgIpc) is 2.80. The molecule has 5 nitrogen and oxygen atoms in total. The lowest BCUT2D eigenvalue weighted by atomic mass is 10.1. The van der Waals surface area contributed by atoms with E-state index >= 15 is 0 Å². The summed E-state index contributed by atoms with van der Waals surface area (Å²) in [5.74, 6) is 1.06. The molecule has 0 aromatic heterocycles. The highest BCUT2D eigenvalue weighted by atomic mass is 32.2. The van der Waals surface area contributed by atoms with Crippen molar-refractivity contribution < 1.29 is 18.7 Å². The zero-order valence-corrected chi connectivity index (χ0v) is 20.1. The molecule has 2 aromatic carbocycles. The highest BCUT2D eigenvalue weighted by Crippen LogP contribution is 2.19. The van der Waals surface area contributed by atoms with Crippen LogP contribution in [0.4, 0.5) is 4.39 Å². The zero-order valence-electron chi connectivity index (χ0n) is 19.3. The van der Waals surface area contributed by atoms with Gasteiger partial charge in [-0.05, 0) is 55.2 Å². The summed E-state index contributed by atoms with van der Waals surface area (Å²) in [5.41, 5.74) is 1.88. The van der Waals surface area contributed by atoms with Crippen LogP contribution in [0.2, 0.25) is 0 Å². The van der Waals surface area contributed by atoms with Crippen molar-refractivity contribution in [3.8, 4) is 5.75 Å². The van der Waals surface area contributed by atoms with Gasteiger partial charge in [-0.1, -0.05) is 38.1 Å². The smallest absolute Gasteiger partial charge is 0.243 e. The highest BCUT2D eigenvalue weighted by Gasteiger charge is 2.29. The summed E-state index contributed by atoms with van der Waals surface area (Å²) in [4.78, 5) is 27.8. The number of amides is 2. The van der Waals surface area contributed by atoms with Gasteiger partial charge < -0.3 is 15.0 Å². The Labute approximate surface area is 194 Å². The number of thioether (sulfide) groups is 1. The van der Waals surface area contributed by atoms with E-state index in [2.05, 4.69) is 5.32 Å². The van der Waals surface area contributed by atoms with Crippen LogP contribution in [0.5, 0.6) is 5.75 Å². The molecular formula is C25H33FN2O3S. The third-order valence-corrected chi connectivity index (χ3v) is 6.29. The van der Waals surface area contributed by atoms with E-state index in [1.54, 1.807) is 24.1 Å². The van der Waals surface area contributed by atoms with E-state index in [0.717, 1.165) is 23.3 Å². The van der Waals surface area contributed by atoms with Crippen LogP contribution in [-0.2, 0) is 21.9 Å². The predicted octanol–water partition coefficient (Wildman–Crippen LogP) is 4.79. The second kappa shape index (κ2) is 13.1. The van der Waals surface area contributed by atoms with E-state index in [0.29, 0.717) is 18.7 Å². The quantitative estimate of drug-likeness (QED) is 0.495. The third-order valence-electron chi connectivity index (χ3n) is 5.31. The third kappa shape index (κ3) is 7.86. The first-order chi connectivity index (χ1) is 15.4. The minimum Gasteiger partial charge on any atom is -0.497 e. The Hall–Kier alpha value is -2.54. The van der Waals surface area contributed by atoms with Crippen molar-refractivity contribution in [2.75, 3.05) is 12.9 Å². The first-order valence-corrected chi connectivity index (χ1v) is 12.1. The van der Waals surface area contributed by atoms with Gasteiger partial charge in [-0.25, -0.2) is 4.39 Å². The standard InChI is InChI=1S/C25H33FN2O3S/c1-5-18(3)27-25(30)23(6-2)28(15-19-9-13-22(31-4)14-10-19)24(29)17-32-16-20-7-11-21(26)12-8-20/h7-14,18,23H,5-6,15-17H2,1-4H3,(H,27,30)/t18-,23-/m1/s1. The van der Waals surface area contributed by atoms with Crippen molar-refractivity contribution in [2.24, 2.45) is 0 Å². The van der Waals surface area contributed by atoms with Gasteiger partial charge >= 0.3 is 0 Å². The number of methoxy groups -OCH3 is 1. The Balaban J connectivity index is 2.13. The molecule has 0 aliphatic heterocycles. The fourth-order valence-electron chi connectivity index (χ4n) is 3.21. The maximum Gasteiger partial charge on any atom is 0.243 e. The lowest BCUT2D eigenvalue weighted by Gasteiger charge is -2.31. The van der Waals surface area contributed by atoms with E-state index < -0.39 is 6.04 Å². The highest BCUT2D eigenvalue weighted by molar-refractivity contribution is 7.99. The molecule has 2 amide bonds. The number of rotatable bonds is 12. The number of hydrogen-bond donors (Lipinski definition) is 1. The van der Waals surface area contributed by atoms with Crippen LogP contribution in [0, 0.1) is 5.82 Å². The summed E-state index contributed by atoms with van der Waals surface area (Å²) >= 11 is 1.46. The maximum atomic E-state index is 13.2. The molecule has 0 spiro atoms. The van der Waals surface area contributed by atoms with E-state index in [4.69, 9.17) is 4.74 Å². The molecule has 0 unspecified atom stereocenters. The molecule has 0 heterocycles. The minimum atomic E-state index is -0.551. The Bertz CT molecular complexity index is 858. The molecule has 2 aromatic rings. The van der Waals surface area contributed by atoms with Crippen LogP contribution >= 0.6 is 11.8 Å². The normalized spacial score (nSPS) is 12.7. The van der Waals surface area contributed by atoms with Crippen molar-refractivity contribution in [2.45, 2.75) is 58.0 Å². The fraction of sp³-hybridized carbons (Fsp3) is 0.440. The van der Waals surface area contributed by atoms with E-state index in [-0.39, 0.29) is 29.4 Å². The average molecular weight is 461 g/mol. The first-order valence-electron chi connectivity index (χ1n) is 10.9. The van der Waals surface area contributed by atoms with Crippen LogP contribution in [0.25, 0.3) is 0 Å². The number of hydrogen-bond acceptors (Lipinski definition) is 4. The van der Waals surface area contributed by atoms with E-state index in [1.807, 2.05) is 45.0 Å². The largest absolute Gasteiger partial charge is 0.497 e. The molecule has 2 atom stereocenters. The Morgan fingerprint density at radius 1 is 1.03 bits per heavy atom. The summed E-state index contributed by atoms with van der Waals surface area (Å²) in [7, 11) is 1.61. The lowest BCUT2D eigenvalue weighted by Crippen LogP contribution is -2.51. The molecule has 0 bridgehead atoms. The van der Waals surface area contributed by atoms with Crippen molar-refractivity contribution >= 4 is 23.6 Å². The van der Waals surface area contributed by atoms with Crippen molar-refractivity contribution in [3.63, 3.8) is 0 Å². The van der Waals surface area contributed by atoms with Gasteiger partial charge in [0.1, 0.15) is 17.6 Å². The predicted molar refractivity (Wildman–Crippen MR) is 128 cm³/mol. The molecular weight excluding hydrogens is 427 g/mol.